The zero-order valence-electron chi connectivity index (χ0n) is 31.1. The maximum atomic E-state index is 15.0. The summed E-state index contributed by atoms with van der Waals surface area (Å²) in [5.41, 5.74) is 0.100. The number of piperidine rings is 2. The number of alkyl halides is 6. The molecule has 6 rings (SSSR count). The number of hydrogen-bond donors (Lipinski definition) is 3. The first kappa shape index (κ1) is 42.2. The summed E-state index contributed by atoms with van der Waals surface area (Å²) in [7, 11) is 0. The monoisotopic (exact) mass is 826 g/mol. The molecule has 3 fully saturated rings. The molecular weight excluding hydrogens is 783 g/mol. The van der Waals surface area contributed by atoms with Crippen LogP contribution in [0.15, 0.2) is 54.0 Å². The van der Waals surface area contributed by atoms with Crippen LogP contribution in [-0.4, -0.2) is 79.8 Å². The highest BCUT2D eigenvalue weighted by atomic mass is 32.1. The Morgan fingerprint density at radius 3 is 2.25 bits per heavy atom. The van der Waals surface area contributed by atoms with Gasteiger partial charge in [0.2, 0.25) is 5.60 Å². The number of para-hydroxylation sites is 1. The number of ether oxygens (including phenoxy) is 2. The molecule has 2 saturated heterocycles. The lowest BCUT2D eigenvalue weighted by Crippen LogP contribution is -2.68. The molecule has 3 aliphatic rings. The Bertz CT molecular complexity index is 1940. The van der Waals surface area contributed by atoms with Gasteiger partial charge in [0.1, 0.15) is 22.1 Å². The molecule has 0 bridgehead atoms. The topological polar surface area (TPSA) is 156 Å². The highest BCUT2D eigenvalue weighted by molar-refractivity contribution is 7.10. The van der Waals surface area contributed by atoms with Crippen LogP contribution in [0.2, 0.25) is 0 Å². The Labute approximate surface area is 328 Å². The van der Waals surface area contributed by atoms with Crippen molar-refractivity contribution in [2.24, 2.45) is 11.7 Å². The van der Waals surface area contributed by atoms with E-state index in [4.69, 9.17) is 15.2 Å². The third-order valence-corrected chi connectivity index (χ3v) is 12.2. The van der Waals surface area contributed by atoms with Gasteiger partial charge in [-0.05, 0) is 56.7 Å². The number of aliphatic carboxylic acids is 1. The van der Waals surface area contributed by atoms with Crippen LogP contribution in [0.4, 0.5) is 26.3 Å². The molecule has 2 aliphatic heterocycles. The number of thiophene rings is 1. The molecule has 0 radical (unpaired) electrons. The first-order valence-electron chi connectivity index (χ1n) is 18.8. The number of halogens is 6. The van der Waals surface area contributed by atoms with Crippen molar-refractivity contribution in [2.45, 2.75) is 106 Å². The lowest BCUT2D eigenvalue weighted by Gasteiger charge is -2.51. The number of aromatic nitrogens is 1. The van der Waals surface area contributed by atoms with Crippen LogP contribution in [0.1, 0.15) is 97.6 Å². The number of aliphatic hydroxyl groups is 1. The summed E-state index contributed by atoms with van der Waals surface area (Å²) in [6.45, 7) is 1.55. The van der Waals surface area contributed by atoms with E-state index in [2.05, 4.69) is 4.98 Å². The molecule has 2 aromatic heterocycles. The second-order valence-corrected chi connectivity index (χ2v) is 16.0. The van der Waals surface area contributed by atoms with Crippen molar-refractivity contribution < 1.29 is 60.4 Å². The van der Waals surface area contributed by atoms with Gasteiger partial charge in [-0.1, -0.05) is 31.5 Å². The summed E-state index contributed by atoms with van der Waals surface area (Å²) in [6, 6.07) is 8.06. The largest absolute Gasteiger partial charge is 0.481 e. The number of carboxylic acid groups (broad SMARTS) is 1. The lowest BCUT2D eigenvalue weighted by molar-refractivity contribution is -0.163. The van der Waals surface area contributed by atoms with Gasteiger partial charge in [0.15, 0.2) is 5.72 Å². The zero-order chi connectivity index (χ0) is 41.4. The smallest absolute Gasteiger partial charge is 0.425 e. The molecule has 1 aromatic carbocycles. The van der Waals surface area contributed by atoms with Crippen LogP contribution < -0.4 is 15.2 Å². The minimum atomic E-state index is -4.93. The number of nitrogens with zero attached hydrogens (tertiary/aromatic N) is 3. The van der Waals surface area contributed by atoms with Crippen LogP contribution in [0.5, 0.6) is 11.5 Å². The molecule has 0 spiro atoms. The summed E-state index contributed by atoms with van der Waals surface area (Å²) in [4.78, 5) is 45.9. The fourth-order valence-electron chi connectivity index (χ4n) is 8.31. The number of pyridine rings is 1. The van der Waals surface area contributed by atoms with Gasteiger partial charge in [0.25, 0.3) is 11.8 Å². The molecule has 310 valence electrons. The van der Waals surface area contributed by atoms with E-state index in [1.54, 1.807) is 31.2 Å². The molecule has 1 aliphatic carbocycles. The van der Waals surface area contributed by atoms with E-state index in [0.29, 0.717) is 41.9 Å². The van der Waals surface area contributed by atoms with E-state index in [1.807, 2.05) is 0 Å². The number of nitrogens with two attached hydrogens (primary N) is 1. The average molecular weight is 827 g/mol. The Morgan fingerprint density at radius 2 is 1.63 bits per heavy atom. The number of carboxylic acids is 1. The van der Waals surface area contributed by atoms with Crippen molar-refractivity contribution in [3.8, 4) is 11.5 Å². The number of amides is 2. The van der Waals surface area contributed by atoms with Crippen LogP contribution in [-0.2, 0) is 27.5 Å². The van der Waals surface area contributed by atoms with Crippen molar-refractivity contribution >= 4 is 29.1 Å². The summed E-state index contributed by atoms with van der Waals surface area (Å²) < 4.78 is 96.0. The van der Waals surface area contributed by atoms with Crippen molar-refractivity contribution in [1.82, 2.24) is 14.8 Å². The average Bonchev–Trinajstić information content (AvgIpc) is 3.64. The SMILES string of the molecule is CCCC1N(C(=O)c2ncccc2C(F)(F)F)CCCC1(Oc1csc(C(F)(F)F)c1)C(=O)N1CCC(O)(c2ccccc2OC2(N)CCC(C(=O)O)CC2)CC1. The van der Waals surface area contributed by atoms with Crippen LogP contribution in [0.3, 0.4) is 0 Å². The molecule has 4 heterocycles. The van der Waals surface area contributed by atoms with E-state index in [0.717, 1.165) is 34.7 Å². The van der Waals surface area contributed by atoms with Crippen molar-refractivity contribution in [2.75, 3.05) is 19.6 Å². The first-order valence-corrected chi connectivity index (χ1v) is 19.7. The Hall–Kier alpha value is -4.42. The maximum absolute atomic E-state index is 15.0. The summed E-state index contributed by atoms with van der Waals surface area (Å²) in [5, 5.41) is 22.6. The minimum absolute atomic E-state index is 0.0194. The Kier molecular flexibility index (Phi) is 11.9. The normalized spacial score (nSPS) is 25.5. The quantitative estimate of drug-likeness (QED) is 0.142. The Balaban J connectivity index is 1.30. The third-order valence-electron chi connectivity index (χ3n) is 11.3. The van der Waals surface area contributed by atoms with Gasteiger partial charge in [0.05, 0.1) is 23.1 Å². The van der Waals surface area contributed by atoms with Crippen LogP contribution in [0.25, 0.3) is 0 Å². The molecule has 3 aromatic rings. The van der Waals surface area contributed by atoms with E-state index >= 15 is 0 Å². The standard InChI is InChI=1S/C39H44F6N4O7S/c1-2-7-29-37(55-25-22-30(57-23-25)39(43,44)45,13-6-19-49(29)32(50)31-27(38(40,41)42)9-5-18-47-31)34(53)48-20-16-35(54,17-21-48)26-8-3-4-10-28(26)56-36(46)14-11-24(12-15-36)33(51)52/h3-5,8-10,18,22-24,29,54H,2,6-7,11-17,19-21,46H2,1H3,(H,51,52). The number of carbonyl (C=O) groups excluding carboxylic acids is 2. The number of hydrogen-bond acceptors (Lipinski definition) is 9. The van der Waals surface area contributed by atoms with Gasteiger partial charge in [-0.25, -0.2) is 0 Å². The van der Waals surface area contributed by atoms with Gasteiger partial charge >= 0.3 is 18.3 Å². The number of carbonyl (C=O) groups is 3. The molecule has 4 N–H and O–H groups in total. The minimum Gasteiger partial charge on any atom is -0.481 e. The lowest BCUT2D eigenvalue weighted by atomic mass is 9.78. The predicted molar refractivity (Wildman–Crippen MR) is 194 cm³/mol. The predicted octanol–water partition coefficient (Wildman–Crippen LogP) is 7.22. The molecule has 2 unspecified atom stereocenters. The van der Waals surface area contributed by atoms with Gasteiger partial charge in [-0.3, -0.25) is 25.1 Å². The molecule has 11 nitrogen and oxygen atoms in total. The zero-order valence-corrected chi connectivity index (χ0v) is 31.9. The van der Waals surface area contributed by atoms with Crippen molar-refractivity contribution in [1.29, 1.82) is 0 Å². The number of likely N-dealkylation sites (tertiary alicyclic amines) is 2. The van der Waals surface area contributed by atoms with Crippen molar-refractivity contribution in [3.63, 3.8) is 0 Å². The molecular formula is C39H44F6N4O7S. The summed E-state index contributed by atoms with van der Waals surface area (Å²) >= 11 is 0.356. The summed E-state index contributed by atoms with van der Waals surface area (Å²) in [5.74, 6) is -3.20. The maximum Gasteiger partial charge on any atom is 0.425 e. The van der Waals surface area contributed by atoms with Crippen molar-refractivity contribution in [3.05, 3.63) is 75.7 Å². The van der Waals surface area contributed by atoms with Crippen LogP contribution in [0, 0.1) is 5.92 Å². The highest BCUT2D eigenvalue weighted by Gasteiger charge is 2.57. The van der Waals surface area contributed by atoms with E-state index in [1.165, 1.54) is 4.90 Å². The van der Waals surface area contributed by atoms with Gasteiger partial charge < -0.3 is 29.5 Å². The second-order valence-electron chi connectivity index (χ2n) is 15.0. The molecule has 2 amide bonds. The third kappa shape index (κ3) is 8.72. The number of rotatable bonds is 10. The van der Waals surface area contributed by atoms with E-state index < -0.39 is 75.2 Å². The highest BCUT2D eigenvalue weighted by Crippen LogP contribution is 2.45. The first-order chi connectivity index (χ1) is 26.8. The fraction of sp³-hybridized carbons (Fsp3) is 0.538. The second kappa shape index (κ2) is 16.1. The van der Waals surface area contributed by atoms with E-state index in [-0.39, 0.29) is 70.3 Å². The molecule has 57 heavy (non-hydrogen) atoms. The summed E-state index contributed by atoms with van der Waals surface area (Å²) in [6.07, 6.45) is -7.08. The Morgan fingerprint density at radius 1 is 0.947 bits per heavy atom. The van der Waals surface area contributed by atoms with Crippen LogP contribution >= 0.6 is 11.3 Å². The van der Waals surface area contributed by atoms with E-state index in [9.17, 15) is 50.9 Å². The van der Waals surface area contributed by atoms with Gasteiger partial charge in [-0.15, -0.1) is 11.3 Å². The van der Waals surface area contributed by atoms with Gasteiger partial charge in [-0.2, -0.15) is 26.3 Å². The molecule has 18 heteroatoms. The number of benzene rings is 1. The molecule has 2 atom stereocenters. The fourth-order valence-corrected chi connectivity index (χ4v) is 8.98. The van der Waals surface area contributed by atoms with Gasteiger partial charge in [0, 0.05) is 62.1 Å². The molecule has 1 saturated carbocycles.